The van der Waals surface area contributed by atoms with Gasteiger partial charge >= 0.3 is 0 Å². The maximum Gasteiger partial charge on any atom is 0.141 e. The van der Waals surface area contributed by atoms with Crippen LogP contribution < -0.4 is 4.90 Å². The fourth-order valence-electron chi connectivity index (χ4n) is 4.67. The molecule has 0 amide bonds. The summed E-state index contributed by atoms with van der Waals surface area (Å²) in [5.41, 5.74) is 2.46. The first-order valence-electron chi connectivity index (χ1n) is 9.02. The maximum atomic E-state index is 9.60. The molecule has 5 heteroatoms. The molecule has 0 saturated carbocycles. The Kier molecular flexibility index (Phi) is 3.71. The van der Waals surface area contributed by atoms with Crippen molar-refractivity contribution in [3.05, 3.63) is 42.0 Å². The summed E-state index contributed by atoms with van der Waals surface area (Å²) in [7, 11) is 0. The lowest BCUT2D eigenvalue weighted by Gasteiger charge is -2.39. The molecule has 2 unspecified atom stereocenters. The molecule has 1 aromatic carbocycles. The Morgan fingerprint density at radius 3 is 2.56 bits per heavy atom. The molecule has 0 aliphatic carbocycles. The monoisotopic (exact) mass is 351 g/mol. The lowest BCUT2D eigenvalue weighted by atomic mass is 9.91. The van der Waals surface area contributed by atoms with Gasteiger partial charge in [0, 0.05) is 29.6 Å². The van der Waals surface area contributed by atoms with Gasteiger partial charge in [-0.25, -0.2) is 9.97 Å². The second kappa shape index (κ2) is 6.07. The third-order valence-corrected chi connectivity index (χ3v) is 6.65. The van der Waals surface area contributed by atoms with Gasteiger partial charge in [0.25, 0.3) is 0 Å². The van der Waals surface area contributed by atoms with Gasteiger partial charge in [0.1, 0.15) is 17.0 Å². The van der Waals surface area contributed by atoms with Gasteiger partial charge in [-0.15, -0.1) is 11.3 Å². The van der Waals surface area contributed by atoms with Crippen LogP contribution in [0.4, 0.5) is 5.82 Å². The van der Waals surface area contributed by atoms with Crippen molar-refractivity contribution < 1.29 is 5.11 Å². The molecule has 1 N–H and O–H groups in total. The minimum Gasteiger partial charge on any atom is -0.396 e. The summed E-state index contributed by atoms with van der Waals surface area (Å²) < 4.78 is 0. The lowest BCUT2D eigenvalue weighted by Crippen LogP contribution is -2.44. The Labute approximate surface area is 151 Å². The van der Waals surface area contributed by atoms with Crippen LogP contribution in [0.2, 0.25) is 0 Å². The Bertz CT molecular complexity index is 880. The fourth-order valence-corrected chi connectivity index (χ4v) is 5.58. The van der Waals surface area contributed by atoms with Crippen LogP contribution in [0.25, 0.3) is 21.3 Å². The van der Waals surface area contributed by atoms with Crippen molar-refractivity contribution in [2.75, 3.05) is 11.5 Å². The number of thiophene rings is 1. The number of nitrogens with zero attached hydrogens (tertiary/aromatic N) is 3. The fraction of sp³-hybridized carbons (Fsp3) is 0.400. The predicted molar refractivity (Wildman–Crippen MR) is 102 cm³/mol. The highest BCUT2D eigenvalue weighted by atomic mass is 32.1. The normalized spacial score (nSPS) is 25.6. The molecule has 25 heavy (non-hydrogen) atoms. The lowest BCUT2D eigenvalue weighted by molar-refractivity contribution is 0.185. The number of hydrogen-bond donors (Lipinski definition) is 1. The minimum absolute atomic E-state index is 0.313. The number of fused-ring (bicyclic) bond motifs is 3. The highest BCUT2D eigenvalue weighted by Gasteiger charge is 2.42. The summed E-state index contributed by atoms with van der Waals surface area (Å²) in [6.45, 7) is 0.313. The predicted octanol–water partition coefficient (Wildman–Crippen LogP) is 4.10. The number of aromatic nitrogens is 2. The molecule has 2 aliphatic heterocycles. The topological polar surface area (TPSA) is 49.2 Å². The van der Waals surface area contributed by atoms with Gasteiger partial charge in [-0.3, -0.25) is 0 Å². The van der Waals surface area contributed by atoms with E-state index in [9.17, 15) is 5.11 Å². The van der Waals surface area contributed by atoms with Crippen LogP contribution in [-0.2, 0) is 0 Å². The van der Waals surface area contributed by atoms with E-state index in [4.69, 9.17) is 4.98 Å². The van der Waals surface area contributed by atoms with Gasteiger partial charge in [0.2, 0.25) is 0 Å². The zero-order valence-corrected chi connectivity index (χ0v) is 14.8. The molecular formula is C20H21N3OS. The number of aliphatic hydroxyl groups excluding tert-OH is 1. The van der Waals surface area contributed by atoms with Crippen LogP contribution in [0.5, 0.6) is 0 Å². The van der Waals surface area contributed by atoms with E-state index in [2.05, 4.69) is 45.6 Å². The van der Waals surface area contributed by atoms with Crippen LogP contribution in [0.3, 0.4) is 0 Å². The number of piperidine rings is 1. The van der Waals surface area contributed by atoms with Crippen molar-refractivity contribution in [2.24, 2.45) is 5.92 Å². The van der Waals surface area contributed by atoms with Crippen LogP contribution in [0, 0.1) is 5.92 Å². The number of rotatable bonds is 3. The molecule has 2 saturated heterocycles. The van der Waals surface area contributed by atoms with Gasteiger partial charge < -0.3 is 10.0 Å². The first-order valence-corrected chi connectivity index (χ1v) is 9.90. The van der Waals surface area contributed by atoms with Gasteiger partial charge in [-0.1, -0.05) is 30.3 Å². The van der Waals surface area contributed by atoms with E-state index in [0.717, 1.165) is 23.5 Å². The van der Waals surface area contributed by atoms with Gasteiger partial charge in [0.15, 0.2) is 0 Å². The van der Waals surface area contributed by atoms with Crippen molar-refractivity contribution in [2.45, 2.75) is 37.8 Å². The molecule has 4 nitrogen and oxygen atoms in total. The molecule has 3 aromatic rings. The van der Waals surface area contributed by atoms with E-state index in [1.165, 1.54) is 29.4 Å². The SMILES string of the molecule is OCC1CC2CCC(C1)N2c1ncnc2scc(-c3ccccc3)c12. The van der Waals surface area contributed by atoms with Crippen LogP contribution in [-0.4, -0.2) is 33.8 Å². The summed E-state index contributed by atoms with van der Waals surface area (Å²) in [6.07, 6.45) is 6.27. The summed E-state index contributed by atoms with van der Waals surface area (Å²) in [5.74, 6) is 1.54. The molecule has 0 radical (unpaired) electrons. The largest absolute Gasteiger partial charge is 0.396 e. The second-order valence-electron chi connectivity index (χ2n) is 7.21. The molecule has 2 aromatic heterocycles. The molecule has 2 fully saturated rings. The standard InChI is InChI=1S/C20H21N3OS/c24-10-13-8-15-6-7-16(9-13)23(15)19-18-17(14-4-2-1-3-5-14)11-25-20(18)22-12-21-19/h1-5,11-13,15-16,24H,6-10H2. The molecule has 0 spiro atoms. The second-order valence-corrected chi connectivity index (χ2v) is 8.06. The van der Waals surface area contributed by atoms with E-state index in [1.807, 2.05) is 0 Å². The Morgan fingerprint density at radius 1 is 1.08 bits per heavy atom. The Morgan fingerprint density at radius 2 is 1.84 bits per heavy atom. The van der Waals surface area contributed by atoms with E-state index in [-0.39, 0.29) is 0 Å². The minimum atomic E-state index is 0.313. The third kappa shape index (κ3) is 2.45. The first kappa shape index (κ1) is 15.3. The van der Waals surface area contributed by atoms with Crippen LogP contribution >= 0.6 is 11.3 Å². The van der Waals surface area contributed by atoms with E-state index in [0.29, 0.717) is 24.6 Å². The quantitative estimate of drug-likeness (QED) is 0.772. The van der Waals surface area contributed by atoms with Gasteiger partial charge in [0.05, 0.1) is 5.39 Å². The number of hydrogen-bond acceptors (Lipinski definition) is 5. The zero-order valence-electron chi connectivity index (χ0n) is 14.0. The number of aliphatic hydroxyl groups is 1. The average Bonchev–Trinajstić information content (AvgIpc) is 3.21. The van der Waals surface area contributed by atoms with Crippen molar-refractivity contribution in [1.29, 1.82) is 0 Å². The molecule has 2 bridgehead atoms. The molecule has 2 aliphatic rings. The maximum absolute atomic E-state index is 9.60. The third-order valence-electron chi connectivity index (χ3n) is 5.77. The van der Waals surface area contributed by atoms with Crippen molar-refractivity contribution in [1.82, 2.24) is 9.97 Å². The molecule has 2 atom stereocenters. The van der Waals surface area contributed by atoms with Gasteiger partial charge in [-0.2, -0.15) is 0 Å². The average molecular weight is 351 g/mol. The highest BCUT2D eigenvalue weighted by Crippen LogP contribution is 2.45. The van der Waals surface area contributed by atoms with Crippen LogP contribution in [0.15, 0.2) is 42.0 Å². The highest BCUT2D eigenvalue weighted by molar-refractivity contribution is 7.17. The summed E-state index contributed by atoms with van der Waals surface area (Å²) in [5, 5.41) is 13.0. The zero-order chi connectivity index (χ0) is 16.8. The molecule has 128 valence electrons. The summed E-state index contributed by atoms with van der Waals surface area (Å²) >= 11 is 1.70. The molecular weight excluding hydrogens is 330 g/mol. The van der Waals surface area contributed by atoms with Crippen molar-refractivity contribution in [3.63, 3.8) is 0 Å². The summed E-state index contributed by atoms with van der Waals surface area (Å²) in [4.78, 5) is 12.9. The van der Waals surface area contributed by atoms with Crippen molar-refractivity contribution in [3.8, 4) is 11.1 Å². The Balaban J connectivity index is 1.64. The van der Waals surface area contributed by atoms with E-state index < -0.39 is 0 Å². The number of anilines is 1. The van der Waals surface area contributed by atoms with E-state index in [1.54, 1.807) is 17.7 Å². The Hall–Kier alpha value is -1.98. The van der Waals surface area contributed by atoms with Crippen LogP contribution in [0.1, 0.15) is 25.7 Å². The first-order chi connectivity index (χ1) is 12.3. The molecule has 5 rings (SSSR count). The van der Waals surface area contributed by atoms with E-state index >= 15 is 0 Å². The van der Waals surface area contributed by atoms with Crippen molar-refractivity contribution >= 4 is 27.4 Å². The molecule has 4 heterocycles. The number of benzene rings is 1. The van der Waals surface area contributed by atoms with Gasteiger partial charge in [-0.05, 0) is 37.2 Å². The summed E-state index contributed by atoms with van der Waals surface area (Å²) in [6, 6.07) is 11.5. The smallest absolute Gasteiger partial charge is 0.141 e.